The second kappa shape index (κ2) is 9.01. The van der Waals surface area contributed by atoms with E-state index in [9.17, 15) is 5.11 Å². The second-order valence-corrected chi connectivity index (χ2v) is 3.91. The summed E-state index contributed by atoms with van der Waals surface area (Å²) in [5, 5.41) is 10.4. The van der Waals surface area contributed by atoms with Crippen molar-refractivity contribution in [2.24, 2.45) is 5.92 Å². The monoisotopic (exact) mass is 195 g/mol. The zero-order valence-electron chi connectivity index (χ0n) is 9.75. The average Bonchev–Trinajstić information content (AvgIpc) is 2.22. The minimum atomic E-state index is 0.00530. The summed E-state index contributed by atoms with van der Waals surface area (Å²) >= 11 is 0. The first-order valence-corrected chi connectivity index (χ1v) is 5.61. The number of hydrogen-bond acceptors (Lipinski definition) is 0. The summed E-state index contributed by atoms with van der Waals surface area (Å²) in [4.78, 5) is 0. The Bertz CT molecular complexity index is 180. The van der Waals surface area contributed by atoms with Crippen LogP contribution in [-0.2, 0) is 5.11 Å². The van der Waals surface area contributed by atoms with Crippen LogP contribution < -0.4 is 0 Å². The molecule has 1 unspecified atom stereocenters. The van der Waals surface area contributed by atoms with E-state index < -0.39 is 0 Å². The summed E-state index contributed by atoms with van der Waals surface area (Å²) in [6.45, 7) is 6.33. The van der Waals surface area contributed by atoms with E-state index >= 15 is 0 Å². The molecule has 0 bridgehead atoms. The molecule has 0 aliphatic heterocycles. The van der Waals surface area contributed by atoms with E-state index in [4.69, 9.17) is 0 Å². The zero-order valence-corrected chi connectivity index (χ0v) is 9.75. The standard InChI is InChI=1S/C13H23O/c1-4-12(2)9-7-5-6-8-10-13(3)11-14/h8-10,13H,4-7,11H2,1-3H3/b10-8+,12-9+. The maximum absolute atomic E-state index is 10.4. The van der Waals surface area contributed by atoms with Gasteiger partial charge in [-0.25, -0.2) is 5.11 Å². The van der Waals surface area contributed by atoms with E-state index in [-0.39, 0.29) is 12.5 Å². The molecule has 0 aromatic rings. The minimum Gasteiger partial charge on any atom is -0.236 e. The van der Waals surface area contributed by atoms with Gasteiger partial charge in [-0.15, -0.1) is 0 Å². The van der Waals surface area contributed by atoms with Crippen LogP contribution in [0.15, 0.2) is 23.8 Å². The summed E-state index contributed by atoms with van der Waals surface area (Å²) in [5.41, 5.74) is 1.47. The molecule has 1 radical (unpaired) electrons. The fraction of sp³-hybridized carbons (Fsp3) is 0.692. The second-order valence-electron chi connectivity index (χ2n) is 3.91. The van der Waals surface area contributed by atoms with Gasteiger partial charge in [0.1, 0.15) is 0 Å². The molecule has 1 heteroatoms. The van der Waals surface area contributed by atoms with Gasteiger partial charge < -0.3 is 0 Å². The Hall–Kier alpha value is -0.560. The van der Waals surface area contributed by atoms with E-state index in [1.165, 1.54) is 12.0 Å². The van der Waals surface area contributed by atoms with Crippen LogP contribution in [0.3, 0.4) is 0 Å². The molecule has 0 amide bonds. The van der Waals surface area contributed by atoms with Gasteiger partial charge in [0.2, 0.25) is 0 Å². The lowest BCUT2D eigenvalue weighted by Gasteiger charge is -1.97. The third-order valence-electron chi connectivity index (χ3n) is 2.35. The van der Waals surface area contributed by atoms with Gasteiger partial charge in [-0.2, -0.15) is 0 Å². The van der Waals surface area contributed by atoms with Gasteiger partial charge in [0.15, 0.2) is 0 Å². The lowest BCUT2D eigenvalue weighted by atomic mass is 10.1. The summed E-state index contributed by atoms with van der Waals surface area (Å²) in [5.74, 6) is 0.197. The Labute approximate surface area is 88.5 Å². The van der Waals surface area contributed by atoms with Crippen molar-refractivity contribution in [1.82, 2.24) is 0 Å². The van der Waals surface area contributed by atoms with Crippen molar-refractivity contribution >= 4 is 0 Å². The maximum atomic E-state index is 10.4. The molecule has 0 saturated heterocycles. The molecule has 1 nitrogen and oxygen atoms in total. The highest BCUT2D eigenvalue weighted by molar-refractivity contribution is 4.96. The van der Waals surface area contributed by atoms with Crippen molar-refractivity contribution in [3.05, 3.63) is 23.8 Å². The third-order valence-corrected chi connectivity index (χ3v) is 2.35. The molecular formula is C13H23O. The van der Waals surface area contributed by atoms with Crippen LogP contribution in [0.4, 0.5) is 0 Å². The zero-order chi connectivity index (χ0) is 10.8. The first-order chi connectivity index (χ1) is 6.70. The van der Waals surface area contributed by atoms with Gasteiger partial charge in [-0.3, -0.25) is 0 Å². The number of allylic oxidation sites excluding steroid dienone is 3. The summed E-state index contributed by atoms with van der Waals surface area (Å²) < 4.78 is 0. The number of unbranched alkanes of at least 4 members (excludes halogenated alkanes) is 2. The van der Waals surface area contributed by atoms with E-state index in [1.54, 1.807) is 0 Å². The van der Waals surface area contributed by atoms with Crippen LogP contribution in [0, 0.1) is 5.92 Å². The van der Waals surface area contributed by atoms with Crippen molar-refractivity contribution in [1.29, 1.82) is 0 Å². The molecule has 0 rings (SSSR count). The van der Waals surface area contributed by atoms with Crippen molar-refractivity contribution in [3.63, 3.8) is 0 Å². The Morgan fingerprint density at radius 2 is 2.07 bits per heavy atom. The third kappa shape index (κ3) is 8.06. The molecule has 0 fully saturated rings. The smallest absolute Gasteiger partial charge is 0.0882 e. The highest BCUT2D eigenvalue weighted by Gasteiger charge is 1.92. The molecule has 0 aromatic carbocycles. The number of hydrogen-bond donors (Lipinski definition) is 0. The van der Waals surface area contributed by atoms with Gasteiger partial charge in [0.05, 0.1) is 6.61 Å². The van der Waals surface area contributed by atoms with Crippen LogP contribution in [0.1, 0.15) is 46.5 Å². The SMILES string of the molecule is CC/C(C)=C/CCC/C=C/C(C)C[O]. The van der Waals surface area contributed by atoms with Gasteiger partial charge >= 0.3 is 0 Å². The van der Waals surface area contributed by atoms with Gasteiger partial charge in [-0.05, 0) is 32.6 Å². The molecule has 0 saturated carbocycles. The van der Waals surface area contributed by atoms with Crippen LogP contribution >= 0.6 is 0 Å². The molecule has 0 aromatic heterocycles. The average molecular weight is 195 g/mol. The van der Waals surface area contributed by atoms with E-state index in [0.29, 0.717) is 0 Å². The Kier molecular flexibility index (Phi) is 8.65. The van der Waals surface area contributed by atoms with E-state index in [1.807, 2.05) is 13.0 Å². The quantitative estimate of drug-likeness (QED) is 0.430. The first kappa shape index (κ1) is 13.4. The van der Waals surface area contributed by atoms with Crippen molar-refractivity contribution in [3.8, 4) is 0 Å². The molecule has 14 heavy (non-hydrogen) atoms. The maximum Gasteiger partial charge on any atom is 0.0882 e. The molecule has 0 aliphatic carbocycles. The van der Waals surface area contributed by atoms with Gasteiger partial charge in [0, 0.05) is 5.92 Å². The predicted molar refractivity (Wildman–Crippen MR) is 61.8 cm³/mol. The Balaban J connectivity index is 3.42. The molecule has 0 heterocycles. The van der Waals surface area contributed by atoms with Crippen LogP contribution in [0.2, 0.25) is 0 Å². The molecule has 1 atom stereocenters. The van der Waals surface area contributed by atoms with E-state index in [2.05, 4.69) is 26.0 Å². The van der Waals surface area contributed by atoms with E-state index in [0.717, 1.165) is 19.3 Å². The van der Waals surface area contributed by atoms with Crippen LogP contribution in [-0.4, -0.2) is 6.61 Å². The van der Waals surface area contributed by atoms with Crippen molar-refractivity contribution < 1.29 is 5.11 Å². The molecule has 0 N–H and O–H groups in total. The molecular weight excluding hydrogens is 172 g/mol. The molecule has 81 valence electrons. The summed E-state index contributed by atoms with van der Waals surface area (Å²) in [6.07, 6.45) is 11.1. The topological polar surface area (TPSA) is 19.9 Å². The van der Waals surface area contributed by atoms with Gasteiger partial charge in [-0.1, -0.05) is 37.6 Å². The number of rotatable bonds is 7. The van der Waals surface area contributed by atoms with Crippen molar-refractivity contribution in [2.75, 3.05) is 6.61 Å². The van der Waals surface area contributed by atoms with Crippen molar-refractivity contribution in [2.45, 2.75) is 46.5 Å². The van der Waals surface area contributed by atoms with Crippen LogP contribution in [0.5, 0.6) is 0 Å². The Morgan fingerprint density at radius 3 is 2.64 bits per heavy atom. The van der Waals surface area contributed by atoms with Crippen LogP contribution in [0.25, 0.3) is 0 Å². The fourth-order valence-corrected chi connectivity index (χ4v) is 1.11. The Morgan fingerprint density at radius 1 is 1.36 bits per heavy atom. The highest BCUT2D eigenvalue weighted by atomic mass is 16.3. The lowest BCUT2D eigenvalue weighted by molar-refractivity contribution is 0.168. The predicted octanol–water partition coefficient (Wildman–Crippen LogP) is 4.14. The molecule has 0 aliphatic rings. The summed E-state index contributed by atoms with van der Waals surface area (Å²) in [7, 11) is 0. The molecule has 0 spiro atoms. The normalized spacial score (nSPS) is 15.0. The first-order valence-electron chi connectivity index (χ1n) is 5.61. The fourth-order valence-electron chi connectivity index (χ4n) is 1.11. The summed E-state index contributed by atoms with van der Waals surface area (Å²) in [6, 6.07) is 0. The minimum absolute atomic E-state index is 0.00530. The largest absolute Gasteiger partial charge is 0.236 e. The highest BCUT2D eigenvalue weighted by Crippen LogP contribution is 2.05. The van der Waals surface area contributed by atoms with Gasteiger partial charge in [0.25, 0.3) is 0 Å². The lowest BCUT2D eigenvalue weighted by Crippen LogP contribution is -1.92.